The highest BCUT2D eigenvalue weighted by Crippen LogP contribution is 2.48. The number of hydrogen-bond acceptors (Lipinski definition) is 10. The molecule has 0 bridgehead atoms. The summed E-state index contributed by atoms with van der Waals surface area (Å²) < 4.78 is 41.9. The molecule has 2 aliphatic heterocycles. The summed E-state index contributed by atoms with van der Waals surface area (Å²) in [6.07, 6.45) is 9.19. The van der Waals surface area contributed by atoms with Crippen LogP contribution in [0.3, 0.4) is 0 Å². The van der Waals surface area contributed by atoms with Gasteiger partial charge in [0.05, 0.1) is 39.3 Å². The normalized spacial score (nSPS) is 20.6. The number of rotatable bonds is 8. The van der Waals surface area contributed by atoms with Gasteiger partial charge in [-0.2, -0.15) is 0 Å². The fourth-order valence-electron chi connectivity index (χ4n) is 7.53. The molecule has 2 atom stereocenters. The minimum Gasteiger partial charge on any atom is -0.421 e. The molecule has 3 aliphatic rings. The highest BCUT2D eigenvalue weighted by atomic mass is 32.2. The van der Waals surface area contributed by atoms with E-state index in [0.29, 0.717) is 46.4 Å². The van der Waals surface area contributed by atoms with Gasteiger partial charge in [0.25, 0.3) is 0 Å². The van der Waals surface area contributed by atoms with Crippen molar-refractivity contribution >= 4 is 21.3 Å². The van der Waals surface area contributed by atoms with Crippen LogP contribution in [0, 0.1) is 18.8 Å². The summed E-state index contributed by atoms with van der Waals surface area (Å²) in [5, 5.41) is 12.3. The van der Waals surface area contributed by atoms with Gasteiger partial charge in [0.2, 0.25) is 11.8 Å². The lowest BCUT2D eigenvalue weighted by molar-refractivity contribution is 0.0639. The third-order valence-electron chi connectivity index (χ3n) is 10.0. The minimum absolute atomic E-state index is 0.0149. The number of aryl methyl sites for hydroxylation is 3. The van der Waals surface area contributed by atoms with Crippen LogP contribution in [0.25, 0.3) is 28.4 Å². The van der Waals surface area contributed by atoms with Gasteiger partial charge in [-0.3, -0.25) is 14.4 Å². The molecule has 11 nitrogen and oxygen atoms in total. The van der Waals surface area contributed by atoms with E-state index < -0.39 is 9.84 Å². The fraction of sp³-hybridized carbons (Fsp3) is 0.457. The molecule has 0 spiro atoms. The van der Waals surface area contributed by atoms with Crippen LogP contribution < -0.4 is 5.32 Å². The summed E-state index contributed by atoms with van der Waals surface area (Å²) in [6, 6.07) is 10.2. The predicted molar refractivity (Wildman–Crippen MR) is 177 cm³/mol. The first-order valence-electron chi connectivity index (χ1n) is 16.6. The number of imidazole rings is 1. The van der Waals surface area contributed by atoms with Crippen LogP contribution in [0.5, 0.6) is 0 Å². The Labute approximate surface area is 274 Å². The number of nitrogens with zero attached hydrogens (tertiary/aromatic N) is 6. The van der Waals surface area contributed by atoms with Crippen molar-refractivity contribution in [3.8, 4) is 22.7 Å². The standard InChI is InChI=1S/C35H39N7O4S/c1-20(2)24-19-47(43,44)34-31(32(35-41-40-21(3)46-35)27(39-33(24)34)10-9-22-13-16-45-17-14-22)28-18-42-29(7-4-8-30(42)38-28)37-26-12-11-25-23(26)6-5-15-36-25/h4-8,15,18,20,22,24,26,37H,9-14,16-17,19H2,1-3H3. The zero-order valence-electron chi connectivity index (χ0n) is 26.9. The summed E-state index contributed by atoms with van der Waals surface area (Å²) in [6.45, 7) is 7.39. The quantitative estimate of drug-likeness (QED) is 0.208. The number of nitrogens with one attached hydrogen (secondary N) is 1. The van der Waals surface area contributed by atoms with Crippen molar-refractivity contribution in [3.63, 3.8) is 0 Å². The van der Waals surface area contributed by atoms with Crippen LogP contribution in [0.2, 0.25) is 0 Å². The second kappa shape index (κ2) is 11.8. The molecular weight excluding hydrogens is 614 g/mol. The number of sulfone groups is 1. The fourth-order valence-corrected chi connectivity index (χ4v) is 9.75. The highest BCUT2D eigenvalue weighted by Gasteiger charge is 2.43. The lowest BCUT2D eigenvalue weighted by Gasteiger charge is -2.23. The Hall–Kier alpha value is -4.16. The number of anilines is 1. The first-order chi connectivity index (χ1) is 22.8. The SMILES string of the molecule is Cc1nnc(-c2c(CCC3CCOCC3)nc3c(c2-c2cn4c(NC5CCc6ncccc65)cccc4n2)S(=O)(=O)CC3C(C)C)o1. The molecule has 8 rings (SSSR count). The smallest absolute Gasteiger partial charge is 0.250 e. The number of pyridine rings is 3. The molecule has 0 saturated carbocycles. The Bertz CT molecular complexity index is 2080. The minimum atomic E-state index is -3.69. The predicted octanol–water partition coefficient (Wildman–Crippen LogP) is 6.14. The molecule has 1 N–H and O–H groups in total. The van der Waals surface area contributed by atoms with Crippen molar-refractivity contribution in [2.75, 3.05) is 24.3 Å². The van der Waals surface area contributed by atoms with E-state index in [1.807, 2.05) is 41.1 Å². The van der Waals surface area contributed by atoms with Crippen molar-refractivity contribution in [1.82, 2.24) is 29.5 Å². The van der Waals surface area contributed by atoms with Gasteiger partial charge in [0.15, 0.2) is 9.84 Å². The molecule has 1 fully saturated rings. The Morgan fingerprint density at radius 3 is 2.68 bits per heavy atom. The van der Waals surface area contributed by atoms with Gasteiger partial charge in [-0.25, -0.2) is 13.4 Å². The maximum atomic E-state index is 14.1. The van der Waals surface area contributed by atoms with Crippen molar-refractivity contribution in [2.24, 2.45) is 11.8 Å². The van der Waals surface area contributed by atoms with Crippen LogP contribution in [-0.4, -0.2) is 56.9 Å². The number of ether oxygens (including phenoxy) is 1. The molecule has 2 unspecified atom stereocenters. The average Bonchev–Trinajstić information content (AvgIpc) is 3.85. The highest BCUT2D eigenvalue weighted by molar-refractivity contribution is 7.92. The summed E-state index contributed by atoms with van der Waals surface area (Å²) in [7, 11) is -3.69. The van der Waals surface area contributed by atoms with E-state index in [1.165, 1.54) is 5.56 Å². The zero-order valence-corrected chi connectivity index (χ0v) is 27.8. The maximum absolute atomic E-state index is 14.1. The molecule has 5 aromatic heterocycles. The lowest BCUT2D eigenvalue weighted by atomic mass is 9.89. The molecule has 0 radical (unpaired) electrons. The average molecular weight is 654 g/mol. The maximum Gasteiger partial charge on any atom is 0.250 e. The van der Waals surface area contributed by atoms with Crippen LogP contribution in [-0.2, 0) is 27.4 Å². The molecule has 5 aromatic rings. The number of hydrogen-bond donors (Lipinski definition) is 1. The van der Waals surface area contributed by atoms with Crippen molar-refractivity contribution < 1.29 is 17.6 Å². The Morgan fingerprint density at radius 2 is 1.89 bits per heavy atom. The summed E-state index contributed by atoms with van der Waals surface area (Å²) in [4.78, 5) is 15.1. The van der Waals surface area contributed by atoms with Gasteiger partial charge in [0, 0.05) is 49.7 Å². The third kappa shape index (κ3) is 5.41. The second-order valence-electron chi connectivity index (χ2n) is 13.4. The van der Waals surface area contributed by atoms with E-state index in [2.05, 4.69) is 40.4 Å². The van der Waals surface area contributed by atoms with Crippen molar-refractivity contribution in [2.45, 2.75) is 76.2 Å². The van der Waals surface area contributed by atoms with E-state index >= 15 is 0 Å². The van der Waals surface area contributed by atoms with Crippen LogP contribution in [0.4, 0.5) is 5.82 Å². The van der Waals surface area contributed by atoms with Crippen LogP contribution in [0.15, 0.2) is 52.0 Å². The molecule has 1 aliphatic carbocycles. The van der Waals surface area contributed by atoms with E-state index in [9.17, 15) is 8.42 Å². The van der Waals surface area contributed by atoms with Crippen molar-refractivity contribution in [1.29, 1.82) is 0 Å². The molecule has 244 valence electrons. The van der Waals surface area contributed by atoms with Gasteiger partial charge in [0.1, 0.15) is 11.5 Å². The monoisotopic (exact) mass is 653 g/mol. The van der Waals surface area contributed by atoms with E-state index in [1.54, 1.807) is 6.92 Å². The van der Waals surface area contributed by atoms with Gasteiger partial charge in [-0.1, -0.05) is 26.0 Å². The molecule has 7 heterocycles. The molecular formula is C35H39N7O4S. The molecule has 0 amide bonds. The van der Waals surface area contributed by atoms with Crippen LogP contribution >= 0.6 is 0 Å². The van der Waals surface area contributed by atoms with E-state index in [-0.39, 0.29) is 34.4 Å². The summed E-state index contributed by atoms with van der Waals surface area (Å²) >= 11 is 0. The Balaban J connectivity index is 1.31. The number of aromatic nitrogens is 6. The zero-order chi connectivity index (χ0) is 32.3. The lowest BCUT2D eigenvalue weighted by Crippen LogP contribution is -2.17. The first-order valence-corrected chi connectivity index (χ1v) is 18.3. The number of fused-ring (bicyclic) bond motifs is 3. The summed E-state index contributed by atoms with van der Waals surface area (Å²) in [5.74, 6) is 1.92. The van der Waals surface area contributed by atoms with Gasteiger partial charge in [-0.15, -0.1) is 10.2 Å². The molecule has 1 saturated heterocycles. The van der Waals surface area contributed by atoms with E-state index in [0.717, 1.165) is 62.5 Å². The van der Waals surface area contributed by atoms with Crippen molar-refractivity contribution in [3.05, 3.63) is 71.3 Å². The van der Waals surface area contributed by atoms with Crippen LogP contribution in [0.1, 0.15) is 80.0 Å². The topological polar surface area (TPSA) is 137 Å². The Kier molecular flexibility index (Phi) is 7.59. The van der Waals surface area contributed by atoms with Gasteiger partial charge in [-0.05, 0) is 74.1 Å². The van der Waals surface area contributed by atoms with Gasteiger partial charge >= 0.3 is 0 Å². The molecule has 12 heteroatoms. The molecule has 47 heavy (non-hydrogen) atoms. The Morgan fingerprint density at radius 1 is 1.04 bits per heavy atom. The second-order valence-corrected chi connectivity index (χ2v) is 15.4. The third-order valence-corrected chi connectivity index (χ3v) is 11.9. The summed E-state index contributed by atoms with van der Waals surface area (Å²) in [5.41, 5.74) is 6.04. The van der Waals surface area contributed by atoms with E-state index in [4.69, 9.17) is 19.1 Å². The van der Waals surface area contributed by atoms with Gasteiger partial charge < -0.3 is 14.5 Å². The largest absolute Gasteiger partial charge is 0.421 e. The molecule has 0 aromatic carbocycles. The first kappa shape index (κ1) is 30.2.